The molecule has 0 spiro atoms. The van der Waals surface area contributed by atoms with E-state index in [1.807, 2.05) is 17.8 Å². The number of carbonyl (C=O) groups excluding carboxylic acids is 1. The maximum atomic E-state index is 11.8. The maximum Gasteiger partial charge on any atom is 0.309 e. The van der Waals surface area contributed by atoms with E-state index in [1.54, 1.807) is 0 Å². The van der Waals surface area contributed by atoms with E-state index in [4.69, 9.17) is 10.5 Å². The fourth-order valence-electron chi connectivity index (χ4n) is 2.82. The van der Waals surface area contributed by atoms with Gasteiger partial charge in [-0.25, -0.2) is 4.68 Å². The Kier molecular flexibility index (Phi) is 3.26. The van der Waals surface area contributed by atoms with Crippen LogP contribution in [0.4, 0.5) is 0 Å². The Balaban J connectivity index is 1.68. The maximum absolute atomic E-state index is 11.8. The highest BCUT2D eigenvalue weighted by Gasteiger charge is 2.39. The van der Waals surface area contributed by atoms with Crippen LogP contribution in [0.5, 0.6) is 0 Å². The fraction of sp³-hybridized carbons (Fsp3) is 0.769. The number of rotatable bonds is 4. The summed E-state index contributed by atoms with van der Waals surface area (Å²) in [6.45, 7) is 2.24. The number of hydrogen-bond donors (Lipinski definition) is 1. The predicted octanol–water partition coefficient (Wildman–Crippen LogP) is 0.997. The van der Waals surface area contributed by atoms with Gasteiger partial charge >= 0.3 is 5.97 Å². The summed E-state index contributed by atoms with van der Waals surface area (Å²) >= 11 is 0. The first-order valence-corrected chi connectivity index (χ1v) is 7.03. The van der Waals surface area contributed by atoms with Crippen molar-refractivity contribution in [2.45, 2.75) is 50.6 Å². The summed E-state index contributed by atoms with van der Waals surface area (Å²) in [6, 6.07) is 0.0116. The molecule has 0 bridgehead atoms. The molecule has 2 N–H and O–H groups in total. The summed E-state index contributed by atoms with van der Waals surface area (Å²) in [5.74, 6) is 0.351. The van der Waals surface area contributed by atoms with Gasteiger partial charge in [0.05, 0.1) is 24.3 Å². The molecule has 0 aromatic carbocycles. The van der Waals surface area contributed by atoms with E-state index in [0.29, 0.717) is 25.4 Å². The first-order valence-electron chi connectivity index (χ1n) is 7.03. The monoisotopic (exact) mass is 264 g/mol. The van der Waals surface area contributed by atoms with Crippen LogP contribution in [0.15, 0.2) is 6.20 Å². The Labute approximate surface area is 112 Å². The SMILES string of the molecule is CCOC(=O)C1C[C@@H](N)[C@@H](n2cc(C3CC3)nn2)C1. The normalized spacial score (nSPS) is 30.5. The Morgan fingerprint density at radius 2 is 2.32 bits per heavy atom. The van der Waals surface area contributed by atoms with Crippen LogP contribution in [0.25, 0.3) is 0 Å². The third-order valence-electron chi connectivity index (χ3n) is 4.06. The van der Waals surface area contributed by atoms with Crippen LogP contribution in [0.3, 0.4) is 0 Å². The largest absolute Gasteiger partial charge is 0.466 e. The van der Waals surface area contributed by atoms with Gasteiger partial charge in [-0.1, -0.05) is 5.21 Å². The third-order valence-corrected chi connectivity index (χ3v) is 4.06. The average Bonchev–Trinajstić information content (AvgIpc) is 2.99. The van der Waals surface area contributed by atoms with Gasteiger partial charge in [0.2, 0.25) is 0 Å². The van der Waals surface area contributed by atoms with Gasteiger partial charge in [0, 0.05) is 18.2 Å². The molecule has 1 aromatic heterocycles. The average molecular weight is 264 g/mol. The van der Waals surface area contributed by atoms with E-state index in [-0.39, 0.29) is 24.0 Å². The highest BCUT2D eigenvalue weighted by Crippen LogP contribution is 2.40. The molecule has 0 saturated heterocycles. The van der Waals surface area contributed by atoms with Gasteiger partial charge < -0.3 is 10.5 Å². The number of hydrogen-bond acceptors (Lipinski definition) is 5. The molecule has 0 radical (unpaired) electrons. The van der Waals surface area contributed by atoms with Gasteiger partial charge in [0.25, 0.3) is 0 Å². The number of esters is 1. The van der Waals surface area contributed by atoms with Crippen molar-refractivity contribution in [3.63, 3.8) is 0 Å². The second kappa shape index (κ2) is 4.92. The number of nitrogens with zero attached hydrogens (tertiary/aromatic N) is 3. The van der Waals surface area contributed by atoms with E-state index in [0.717, 1.165) is 5.69 Å². The molecule has 1 heterocycles. The number of ether oxygens (including phenoxy) is 1. The summed E-state index contributed by atoms with van der Waals surface area (Å²) in [5.41, 5.74) is 7.20. The summed E-state index contributed by atoms with van der Waals surface area (Å²) in [7, 11) is 0. The molecule has 3 atom stereocenters. The quantitative estimate of drug-likeness (QED) is 0.820. The summed E-state index contributed by atoms with van der Waals surface area (Å²) in [5, 5.41) is 8.39. The number of carbonyl (C=O) groups is 1. The third kappa shape index (κ3) is 2.49. The molecule has 0 aliphatic heterocycles. The van der Waals surface area contributed by atoms with Crippen molar-refractivity contribution < 1.29 is 9.53 Å². The molecular formula is C13H20N4O2. The standard InChI is InChI=1S/C13H20N4O2/c1-2-19-13(18)9-5-10(14)12(6-9)17-7-11(15-16-17)8-3-4-8/h7-10,12H,2-6,14H2,1H3/t9?,10-,12+/m1/s1. The van der Waals surface area contributed by atoms with Gasteiger partial charge in [0.15, 0.2) is 0 Å². The minimum atomic E-state index is -0.136. The van der Waals surface area contributed by atoms with Crippen LogP contribution in [-0.4, -0.2) is 33.6 Å². The molecule has 6 nitrogen and oxygen atoms in total. The van der Waals surface area contributed by atoms with Crippen molar-refractivity contribution in [2.24, 2.45) is 11.7 Å². The highest BCUT2D eigenvalue weighted by atomic mass is 16.5. The molecule has 1 unspecified atom stereocenters. The van der Waals surface area contributed by atoms with Crippen molar-refractivity contribution in [2.75, 3.05) is 6.61 Å². The van der Waals surface area contributed by atoms with Crippen LogP contribution in [-0.2, 0) is 9.53 Å². The molecule has 19 heavy (non-hydrogen) atoms. The van der Waals surface area contributed by atoms with Crippen LogP contribution >= 0.6 is 0 Å². The van der Waals surface area contributed by atoms with Gasteiger partial charge in [-0.3, -0.25) is 4.79 Å². The van der Waals surface area contributed by atoms with Crippen molar-refractivity contribution in [3.05, 3.63) is 11.9 Å². The number of nitrogens with two attached hydrogens (primary N) is 1. The molecule has 6 heteroatoms. The predicted molar refractivity (Wildman–Crippen MR) is 68.4 cm³/mol. The number of aromatic nitrogens is 3. The van der Waals surface area contributed by atoms with E-state index in [2.05, 4.69) is 10.3 Å². The van der Waals surface area contributed by atoms with E-state index in [1.165, 1.54) is 12.8 Å². The van der Waals surface area contributed by atoms with Crippen molar-refractivity contribution in [3.8, 4) is 0 Å². The van der Waals surface area contributed by atoms with Gasteiger partial charge in [-0.05, 0) is 32.6 Å². The molecule has 2 fully saturated rings. The molecular weight excluding hydrogens is 244 g/mol. The molecule has 1 aromatic rings. The Morgan fingerprint density at radius 3 is 3.00 bits per heavy atom. The van der Waals surface area contributed by atoms with Crippen LogP contribution in [0.1, 0.15) is 50.3 Å². The molecule has 2 saturated carbocycles. The summed E-state index contributed by atoms with van der Waals surface area (Å²) in [4.78, 5) is 11.8. The molecule has 2 aliphatic rings. The lowest BCUT2D eigenvalue weighted by Crippen LogP contribution is -2.27. The molecule has 2 aliphatic carbocycles. The second-order valence-corrected chi connectivity index (χ2v) is 5.55. The van der Waals surface area contributed by atoms with Crippen molar-refractivity contribution in [1.82, 2.24) is 15.0 Å². The topological polar surface area (TPSA) is 83.0 Å². The fourth-order valence-corrected chi connectivity index (χ4v) is 2.82. The minimum absolute atomic E-state index is 0.0526. The van der Waals surface area contributed by atoms with Crippen molar-refractivity contribution >= 4 is 5.97 Å². The first-order chi connectivity index (χ1) is 9.19. The molecule has 104 valence electrons. The van der Waals surface area contributed by atoms with Crippen LogP contribution in [0.2, 0.25) is 0 Å². The molecule has 3 rings (SSSR count). The van der Waals surface area contributed by atoms with E-state index in [9.17, 15) is 4.79 Å². The lowest BCUT2D eigenvalue weighted by atomic mass is 10.1. The summed E-state index contributed by atoms with van der Waals surface area (Å²) < 4.78 is 6.92. The zero-order chi connectivity index (χ0) is 13.4. The van der Waals surface area contributed by atoms with Crippen LogP contribution < -0.4 is 5.73 Å². The Morgan fingerprint density at radius 1 is 1.53 bits per heavy atom. The van der Waals surface area contributed by atoms with Crippen LogP contribution in [0, 0.1) is 5.92 Å². The van der Waals surface area contributed by atoms with Gasteiger partial charge in [-0.15, -0.1) is 5.10 Å². The van der Waals surface area contributed by atoms with Gasteiger partial charge in [-0.2, -0.15) is 0 Å². The van der Waals surface area contributed by atoms with Crippen molar-refractivity contribution in [1.29, 1.82) is 0 Å². The smallest absolute Gasteiger partial charge is 0.309 e. The van der Waals surface area contributed by atoms with E-state index < -0.39 is 0 Å². The van der Waals surface area contributed by atoms with E-state index >= 15 is 0 Å². The van der Waals surface area contributed by atoms with Gasteiger partial charge in [0.1, 0.15) is 0 Å². The zero-order valence-corrected chi connectivity index (χ0v) is 11.2. The second-order valence-electron chi connectivity index (χ2n) is 5.55. The lowest BCUT2D eigenvalue weighted by Gasteiger charge is -2.14. The Bertz CT molecular complexity index is 469. The Hall–Kier alpha value is -1.43. The zero-order valence-electron chi connectivity index (χ0n) is 11.2. The summed E-state index contributed by atoms with van der Waals surface area (Å²) in [6.07, 6.45) is 5.78. The molecule has 0 amide bonds. The highest BCUT2D eigenvalue weighted by molar-refractivity contribution is 5.73. The lowest BCUT2D eigenvalue weighted by molar-refractivity contribution is -0.147. The minimum Gasteiger partial charge on any atom is -0.466 e. The first kappa shape index (κ1) is 12.6.